The van der Waals surface area contributed by atoms with Gasteiger partial charge in [-0.05, 0) is 37.5 Å². The molecule has 1 unspecified atom stereocenters. The van der Waals surface area contributed by atoms with Crippen LogP contribution in [-0.4, -0.2) is 48.1 Å². The Morgan fingerprint density at radius 1 is 1.29 bits per heavy atom. The molecule has 24 heavy (non-hydrogen) atoms. The second kappa shape index (κ2) is 5.77. The first-order chi connectivity index (χ1) is 11.6. The van der Waals surface area contributed by atoms with Crippen LogP contribution < -0.4 is 5.32 Å². The van der Waals surface area contributed by atoms with E-state index in [-0.39, 0.29) is 22.6 Å². The van der Waals surface area contributed by atoms with Gasteiger partial charge in [0.1, 0.15) is 5.69 Å². The summed E-state index contributed by atoms with van der Waals surface area (Å²) in [6.45, 7) is 0. The molecule has 8 heteroatoms. The standard InChI is InChI=1S/C16H18N4O3S/c21-14(12-1-4-17-13-2-5-18-20(12)13)19-11-3-6-24-16(9-11)7-10(8-16)15(22)23/h1-2,4-5,10-11H,3,6-9H2,(H,19,21)(H,22,23). The van der Waals surface area contributed by atoms with Gasteiger partial charge in [0, 0.05) is 23.1 Å². The number of nitrogens with one attached hydrogen (secondary N) is 1. The zero-order chi connectivity index (χ0) is 16.7. The average molecular weight is 346 g/mol. The number of rotatable bonds is 3. The number of amides is 1. The van der Waals surface area contributed by atoms with Gasteiger partial charge in [-0.3, -0.25) is 9.59 Å². The van der Waals surface area contributed by atoms with Crippen LogP contribution in [0.3, 0.4) is 0 Å². The van der Waals surface area contributed by atoms with E-state index in [1.54, 1.807) is 24.5 Å². The van der Waals surface area contributed by atoms with Crippen molar-refractivity contribution < 1.29 is 14.7 Å². The normalized spacial score (nSPS) is 29.3. The molecule has 126 valence electrons. The van der Waals surface area contributed by atoms with Gasteiger partial charge < -0.3 is 10.4 Å². The lowest BCUT2D eigenvalue weighted by atomic mass is 9.70. The Bertz CT molecular complexity index is 799. The molecule has 1 aliphatic carbocycles. The van der Waals surface area contributed by atoms with Gasteiger partial charge in [-0.25, -0.2) is 9.50 Å². The summed E-state index contributed by atoms with van der Waals surface area (Å²) in [5.74, 6) is -0.140. The highest BCUT2D eigenvalue weighted by atomic mass is 32.2. The molecular formula is C16H18N4O3S. The number of aliphatic carboxylic acids is 1. The van der Waals surface area contributed by atoms with Crippen molar-refractivity contribution in [1.82, 2.24) is 19.9 Å². The zero-order valence-electron chi connectivity index (χ0n) is 13.0. The monoisotopic (exact) mass is 346 g/mol. The summed E-state index contributed by atoms with van der Waals surface area (Å²) in [4.78, 5) is 27.8. The highest BCUT2D eigenvalue weighted by Crippen LogP contribution is 2.53. The fourth-order valence-electron chi connectivity index (χ4n) is 3.71. The van der Waals surface area contributed by atoms with E-state index in [4.69, 9.17) is 5.11 Å². The number of aromatic nitrogens is 3. The molecule has 2 fully saturated rings. The van der Waals surface area contributed by atoms with Crippen LogP contribution in [-0.2, 0) is 4.79 Å². The zero-order valence-corrected chi connectivity index (χ0v) is 13.8. The van der Waals surface area contributed by atoms with Crippen molar-refractivity contribution in [3.05, 3.63) is 30.2 Å². The number of carboxylic acid groups (broad SMARTS) is 1. The second-order valence-corrected chi connectivity index (χ2v) is 8.13. The Morgan fingerprint density at radius 3 is 2.92 bits per heavy atom. The molecule has 1 spiro atoms. The van der Waals surface area contributed by atoms with Crippen molar-refractivity contribution >= 4 is 29.3 Å². The number of hydrogen-bond donors (Lipinski definition) is 2. The molecule has 1 amide bonds. The number of hydrogen-bond acceptors (Lipinski definition) is 5. The molecule has 1 atom stereocenters. The Morgan fingerprint density at radius 2 is 2.12 bits per heavy atom. The SMILES string of the molecule is O=C(NC1CCSC2(C1)CC(C(=O)O)C2)c1ccnc2ccnn12. The third kappa shape index (κ3) is 2.64. The second-order valence-electron chi connectivity index (χ2n) is 6.57. The van der Waals surface area contributed by atoms with E-state index in [1.165, 1.54) is 4.52 Å². The van der Waals surface area contributed by atoms with Crippen LogP contribution >= 0.6 is 11.8 Å². The van der Waals surface area contributed by atoms with Gasteiger partial charge in [-0.15, -0.1) is 0 Å². The first-order valence-electron chi connectivity index (χ1n) is 8.03. The molecule has 1 aliphatic heterocycles. The number of thioether (sulfide) groups is 1. The topological polar surface area (TPSA) is 96.6 Å². The quantitative estimate of drug-likeness (QED) is 0.876. The number of carboxylic acids is 1. The van der Waals surface area contributed by atoms with Gasteiger partial charge in [0.2, 0.25) is 0 Å². The number of carbonyl (C=O) groups excluding carboxylic acids is 1. The Balaban J connectivity index is 1.45. The molecule has 2 N–H and O–H groups in total. The van der Waals surface area contributed by atoms with Crippen molar-refractivity contribution in [2.75, 3.05) is 5.75 Å². The minimum absolute atomic E-state index is 0.0263. The van der Waals surface area contributed by atoms with Crippen LogP contribution in [0, 0.1) is 5.92 Å². The van der Waals surface area contributed by atoms with Crippen LogP contribution in [0.1, 0.15) is 36.2 Å². The number of carbonyl (C=O) groups is 2. The van der Waals surface area contributed by atoms with Gasteiger partial charge in [0.25, 0.3) is 5.91 Å². The molecular weight excluding hydrogens is 328 g/mol. The highest BCUT2D eigenvalue weighted by molar-refractivity contribution is 8.00. The molecule has 0 radical (unpaired) electrons. The van der Waals surface area contributed by atoms with Crippen LogP contribution in [0.5, 0.6) is 0 Å². The average Bonchev–Trinajstić information content (AvgIpc) is 3.01. The number of fused-ring (bicyclic) bond motifs is 1. The Labute approximate surface area is 142 Å². The third-order valence-electron chi connectivity index (χ3n) is 4.94. The lowest BCUT2D eigenvalue weighted by molar-refractivity contribution is -0.145. The van der Waals surface area contributed by atoms with E-state index in [2.05, 4.69) is 15.4 Å². The van der Waals surface area contributed by atoms with Crippen molar-refractivity contribution in [1.29, 1.82) is 0 Å². The fraction of sp³-hybridized carbons (Fsp3) is 0.500. The van der Waals surface area contributed by atoms with E-state index in [1.807, 2.05) is 11.8 Å². The maximum Gasteiger partial charge on any atom is 0.306 e. The van der Waals surface area contributed by atoms with Crippen molar-refractivity contribution in [3.8, 4) is 0 Å². The van der Waals surface area contributed by atoms with E-state index in [0.717, 1.165) is 18.6 Å². The molecule has 2 aromatic rings. The van der Waals surface area contributed by atoms with Crippen LogP contribution in [0.25, 0.3) is 5.65 Å². The van der Waals surface area contributed by atoms with Gasteiger partial charge in [-0.2, -0.15) is 16.9 Å². The molecule has 0 aromatic carbocycles. The summed E-state index contributed by atoms with van der Waals surface area (Å²) >= 11 is 1.86. The smallest absolute Gasteiger partial charge is 0.306 e. The molecule has 4 rings (SSSR count). The lowest BCUT2D eigenvalue weighted by Gasteiger charge is -2.50. The van der Waals surface area contributed by atoms with Crippen molar-refractivity contribution in [2.45, 2.75) is 36.5 Å². The van der Waals surface area contributed by atoms with E-state index in [9.17, 15) is 9.59 Å². The van der Waals surface area contributed by atoms with E-state index in [0.29, 0.717) is 24.2 Å². The minimum atomic E-state index is -0.703. The van der Waals surface area contributed by atoms with Gasteiger partial charge in [0.05, 0.1) is 12.1 Å². The summed E-state index contributed by atoms with van der Waals surface area (Å²) in [7, 11) is 0. The lowest BCUT2D eigenvalue weighted by Crippen LogP contribution is -2.52. The Hall–Kier alpha value is -2.09. The first kappa shape index (κ1) is 15.4. The largest absolute Gasteiger partial charge is 0.481 e. The molecule has 2 aliphatic rings. The first-order valence-corrected chi connectivity index (χ1v) is 9.01. The molecule has 3 heterocycles. The van der Waals surface area contributed by atoms with Crippen LogP contribution in [0.15, 0.2) is 24.5 Å². The summed E-state index contributed by atoms with van der Waals surface area (Å²) in [6.07, 6.45) is 6.37. The number of nitrogens with zero attached hydrogens (tertiary/aromatic N) is 3. The maximum atomic E-state index is 12.6. The molecule has 2 aromatic heterocycles. The van der Waals surface area contributed by atoms with Crippen molar-refractivity contribution in [3.63, 3.8) is 0 Å². The molecule has 0 bridgehead atoms. The summed E-state index contributed by atoms with van der Waals surface area (Å²) in [5, 5.41) is 16.3. The summed E-state index contributed by atoms with van der Waals surface area (Å²) < 4.78 is 1.56. The van der Waals surface area contributed by atoms with Crippen LogP contribution in [0.4, 0.5) is 0 Å². The predicted octanol–water partition coefficient (Wildman–Crippen LogP) is 1.59. The molecule has 7 nitrogen and oxygen atoms in total. The summed E-state index contributed by atoms with van der Waals surface area (Å²) in [5.41, 5.74) is 1.11. The van der Waals surface area contributed by atoms with Crippen molar-refractivity contribution in [2.24, 2.45) is 5.92 Å². The van der Waals surface area contributed by atoms with E-state index >= 15 is 0 Å². The maximum absolute atomic E-state index is 12.6. The molecule has 1 saturated carbocycles. The highest BCUT2D eigenvalue weighted by Gasteiger charge is 2.50. The van der Waals surface area contributed by atoms with E-state index < -0.39 is 5.97 Å². The molecule has 1 saturated heterocycles. The van der Waals surface area contributed by atoms with Gasteiger partial charge in [-0.1, -0.05) is 0 Å². The predicted molar refractivity (Wildman–Crippen MR) is 89.0 cm³/mol. The summed E-state index contributed by atoms with van der Waals surface area (Å²) in [6, 6.07) is 3.49. The third-order valence-corrected chi connectivity index (χ3v) is 6.49. The minimum Gasteiger partial charge on any atom is -0.481 e. The van der Waals surface area contributed by atoms with Gasteiger partial charge >= 0.3 is 5.97 Å². The van der Waals surface area contributed by atoms with Gasteiger partial charge in [0.15, 0.2) is 5.65 Å². The fourth-order valence-corrected chi connectivity index (χ4v) is 5.51. The van der Waals surface area contributed by atoms with Crippen LogP contribution in [0.2, 0.25) is 0 Å². The Kier molecular flexibility index (Phi) is 3.71.